The largest absolute Gasteiger partial charge is 0.271 e. The molecule has 0 amide bonds. The minimum Gasteiger partial charge on any atom is -0.271 e. The molecule has 0 bridgehead atoms. The first kappa shape index (κ1) is 13.9. The third-order valence-electron chi connectivity index (χ3n) is 2.91. The molecule has 2 nitrogen and oxygen atoms in total. The molecule has 0 spiro atoms. The minimum absolute atomic E-state index is 0.266. The Kier molecular flexibility index (Phi) is 4.47. The average Bonchev–Trinajstić information content (AvgIpc) is 2.39. The van der Waals surface area contributed by atoms with E-state index in [9.17, 15) is 8.78 Å². The van der Waals surface area contributed by atoms with Crippen molar-refractivity contribution in [3.05, 3.63) is 70.2 Å². The maximum absolute atomic E-state index is 13.6. The molecule has 2 aromatic carbocycles. The van der Waals surface area contributed by atoms with E-state index in [0.717, 1.165) is 11.6 Å². The van der Waals surface area contributed by atoms with Crippen molar-refractivity contribution in [2.24, 2.45) is 5.84 Å². The zero-order chi connectivity index (χ0) is 13.8. The van der Waals surface area contributed by atoms with E-state index >= 15 is 0 Å². The van der Waals surface area contributed by atoms with Gasteiger partial charge in [0.2, 0.25) is 0 Å². The second-order valence-electron chi connectivity index (χ2n) is 4.21. The van der Waals surface area contributed by atoms with Gasteiger partial charge in [-0.1, -0.05) is 29.8 Å². The van der Waals surface area contributed by atoms with E-state index in [4.69, 9.17) is 17.4 Å². The summed E-state index contributed by atoms with van der Waals surface area (Å²) in [6.07, 6.45) is 0.324. The second-order valence-corrected chi connectivity index (χ2v) is 4.65. The van der Waals surface area contributed by atoms with Crippen molar-refractivity contribution >= 4 is 11.6 Å². The van der Waals surface area contributed by atoms with Gasteiger partial charge in [-0.2, -0.15) is 0 Å². The van der Waals surface area contributed by atoms with Crippen molar-refractivity contribution in [1.29, 1.82) is 0 Å². The molecule has 0 aliphatic carbocycles. The number of nitrogens with one attached hydrogen (secondary N) is 1. The average molecular weight is 283 g/mol. The summed E-state index contributed by atoms with van der Waals surface area (Å²) in [4.78, 5) is 0. The maximum atomic E-state index is 13.6. The third kappa shape index (κ3) is 3.50. The summed E-state index contributed by atoms with van der Waals surface area (Å²) in [5.41, 5.74) is 3.91. The van der Waals surface area contributed by atoms with Gasteiger partial charge in [-0.25, -0.2) is 8.78 Å². The van der Waals surface area contributed by atoms with E-state index in [1.54, 1.807) is 12.1 Å². The molecule has 1 atom stereocenters. The topological polar surface area (TPSA) is 38.0 Å². The third-order valence-corrected chi connectivity index (χ3v) is 3.16. The fraction of sp³-hybridized carbons (Fsp3) is 0.143. The first-order chi connectivity index (χ1) is 9.10. The highest BCUT2D eigenvalue weighted by molar-refractivity contribution is 6.30. The smallest absolute Gasteiger partial charge is 0.129 e. The van der Waals surface area contributed by atoms with Gasteiger partial charge in [0, 0.05) is 11.1 Å². The quantitative estimate of drug-likeness (QED) is 0.666. The standard InChI is InChI=1S/C14H13ClF2N2/c15-11-4-1-9(2-5-11)14(19-18)7-10-3-6-12(16)8-13(10)17/h1-6,8,14,19H,7,18H2. The normalized spacial score (nSPS) is 12.4. The number of rotatable bonds is 4. The van der Waals surface area contributed by atoms with Crippen LogP contribution in [0.1, 0.15) is 17.2 Å². The van der Waals surface area contributed by atoms with Gasteiger partial charge >= 0.3 is 0 Å². The van der Waals surface area contributed by atoms with Gasteiger partial charge in [-0.05, 0) is 35.7 Å². The number of benzene rings is 2. The molecular formula is C14H13ClF2N2. The lowest BCUT2D eigenvalue weighted by Crippen LogP contribution is -2.29. The van der Waals surface area contributed by atoms with Crippen LogP contribution in [0.15, 0.2) is 42.5 Å². The Morgan fingerprint density at radius 2 is 1.79 bits per heavy atom. The van der Waals surface area contributed by atoms with Crippen LogP contribution < -0.4 is 11.3 Å². The van der Waals surface area contributed by atoms with Gasteiger partial charge in [0.1, 0.15) is 11.6 Å². The highest BCUT2D eigenvalue weighted by atomic mass is 35.5. The Hall–Kier alpha value is -1.49. The monoisotopic (exact) mass is 282 g/mol. The van der Waals surface area contributed by atoms with Crippen LogP contribution in [0, 0.1) is 11.6 Å². The highest BCUT2D eigenvalue weighted by Crippen LogP contribution is 2.21. The van der Waals surface area contributed by atoms with Gasteiger partial charge in [0.05, 0.1) is 6.04 Å². The molecule has 1 unspecified atom stereocenters. The molecule has 0 saturated carbocycles. The lowest BCUT2D eigenvalue weighted by atomic mass is 9.99. The van der Waals surface area contributed by atoms with E-state index in [2.05, 4.69) is 5.43 Å². The molecule has 100 valence electrons. The molecule has 2 rings (SSSR count). The summed E-state index contributed by atoms with van der Waals surface area (Å²) < 4.78 is 26.4. The zero-order valence-corrected chi connectivity index (χ0v) is 10.8. The molecule has 0 saturated heterocycles. The van der Waals surface area contributed by atoms with Crippen LogP contribution in [-0.4, -0.2) is 0 Å². The van der Waals surface area contributed by atoms with Gasteiger partial charge in [0.25, 0.3) is 0 Å². The van der Waals surface area contributed by atoms with Crippen molar-refractivity contribution in [2.45, 2.75) is 12.5 Å². The Bertz CT molecular complexity index is 558. The van der Waals surface area contributed by atoms with Crippen LogP contribution in [-0.2, 0) is 6.42 Å². The van der Waals surface area contributed by atoms with Crippen LogP contribution in [0.3, 0.4) is 0 Å². The maximum Gasteiger partial charge on any atom is 0.129 e. The molecule has 3 N–H and O–H groups in total. The van der Waals surface area contributed by atoms with E-state index in [1.165, 1.54) is 12.1 Å². The molecule has 0 fully saturated rings. The SMILES string of the molecule is NNC(Cc1ccc(F)cc1F)c1ccc(Cl)cc1. The minimum atomic E-state index is -0.593. The highest BCUT2D eigenvalue weighted by Gasteiger charge is 2.13. The van der Waals surface area contributed by atoms with Gasteiger partial charge in [0.15, 0.2) is 0 Å². The van der Waals surface area contributed by atoms with E-state index in [0.29, 0.717) is 17.0 Å². The molecular weight excluding hydrogens is 270 g/mol. The Morgan fingerprint density at radius 1 is 1.11 bits per heavy atom. The molecule has 0 radical (unpaired) electrons. The molecule has 19 heavy (non-hydrogen) atoms. The number of hydrazine groups is 1. The predicted octanol–water partition coefficient (Wildman–Crippen LogP) is 3.37. The van der Waals surface area contributed by atoms with Crippen molar-refractivity contribution in [1.82, 2.24) is 5.43 Å². The van der Waals surface area contributed by atoms with Gasteiger partial charge < -0.3 is 0 Å². The lowest BCUT2D eigenvalue weighted by molar-refractivity contribution is 0.522. The zero-order valence-electron chi connectivity index (χ0n) is 10.0. The number of hydrogen-bond acceptors (Lipinski definition) is 2. The molecule has 5 heteroatoms. The second kappa shape index (κ2) is 6.10. The summed E-state index contributed by atoms with van der Waals surface area (Å²) in [5.74, 6) is 4.32. The Morgan fingerprint density at radius 3 is 2.37 bits per heavy atom. The molecule has 0 aliphatic rings. The van der Waals surface area contributed by atoms with Gasteiger partial charge in [-0.3, -0.25) is 11.3 Å². The van der Waals surface area contributed by atoms with Crippen molar-refractivity contribution in [3.63, 3.8) is 0 Å². The summed E-state index contributed by atoms with van der Waals surface area (Å²) in [7, 11) is 0. The van der Waals surface area contributed by atoms with E-state index in [-0.39, 0.29) is 6.04 Å². The summed E-state index contributed by atoms with van der Waals surface area (Å²) in [6, 6.07) is 10.4. The van der Waals surface area contributed by atoms with E-state index < -0.39 is 11.6 Å². The molecule has 0 aromatic heterocycles. The number of hydrogen-bond donors (Lipinski definition) is 2. The van der Waals surface area contributed by atoms with Crippen LogP contribution in [0.5, 0.6) is 0 Å². The summed E-state index contributed by atoms with van der Waals surface area (Å²) in [5, 5.41) is 0.618. The number of nitrogens with two attached hydrogens (primary N) is 1. The first-order valence-corrected chi connectivity index (χ1v) is 6.13. The van der Waals surface area contributed by atoms with Crippen LogP contribution in [0.4, 0.5) is 8.78 Å². The fourth-order valence-corrected chi connectivity index (χ4v) is 2.00. The molecule has 0 aliphatic heterocycles. The van der Waals surface area contributed by atoms with Crippen molar-refractivity contribution in [2.75, 3.05) is 0 Å². The lowest BCUT2D eigenvalue weighted by Gasteiger charge is -2.17. The predicted molar refractivity (Wildman–Crippen MR) is 71.6 cm³/mol. The number of halogens is 3. The fourth-order valence-electron chi connectivity index (χ4n) is 1.88. The summed E-state index contributed by atoms with van der Waals surface area (Å²) >= 11 is 5.81. The van der Waals surface area contributed by atoms with Crippen LogP contribution in [0.25, 0.3) is 0 Å². The van der Waals surface area contributed by atoms with E-state index in [1.807, 2.05) is 12.1 Å². The van der Waals surface area contributed by atoms with Crippen LogP contribution >= 0.6 is 11.6 Å². The first-order valence-electron chi connectivity index (χ1n) is 5.75. The Labute approximate surface area is 115 Å². The Balaban J connectivity index is 2.21. The summed E-state index contributed by atoms with van der Waals surface area (Å²) in [6.45, 7) is 0. The molecule has 0 heterocycles. The van der Waals surface area contributed by atoms with Crippen LogP contribution in [0.2, 0.25) is 5.02 Å². The van der Waals surface area contributed by atoms with Crippen molar-refractivity contribution < 1.29 is 8.78 Å². The van der Waals surface area contributed by atoms with Gasteiger partial charge in [-0.15, -0.1) is 0 Å². The molecule has 2 aromatic rings. The van der Waals surface area contributed by atoms with Crippen molar-refractivity contribution in [3.8, 4) is 0 Å².